The monoisotopic (exact) mass is 297 g/mol. The molecule has 0 aliphatic carbocycles. The second kappa shape index (κ2) is 8.08. The van der Waals surface area contributed by atoms with Crippen molar-refractivity contribution in [2.45, 2.75) is 12.7 Å². The van der Waals surface area contributed by atoms with E-state index in [1.807, 2.05) is 12.1 Å². The molecule has 22 heavy (non-hydrogen) atoms. The number of benzene rings is 2. The van der Waals surface area contributed by atoms with E-state index >= 15 is 0 Å². The summed E-state index contributed by atoms with van der Waals surface area (Å²) in [4.78, 5) is 2.42. The molecule has 1 aliphatic rings. The van der Waals surface area contributed by atoms with Crippen LogP contribution in [0.2, 0.25) is 0 Å². The van der Waals surface area contributed by atoms with Crippen LogP contribution in [0.3, 0.4) is 0 Å². The summed E-state index contributed by atoms with van der Waals surface area (Å²) in [5.41, 5.74) is 2.45. The smallest absolute Gasteiger partial charge is 0.0956 e. The maximum atomic E-state index is 6.23. The van der Waals surface area contributed by atoms with Gasteiger partial charge in [0.15, 0.2) is 0 Å². The maximum Gasteiger partial charge on any atom is 0.0956 e. The van der Waals surface area contributed by atoms with Crippen LogP contribution in [0, 0.1) is 0 Å². The largest absolute Gasteiger partial charge is 0.379 e. The summed E-state index contributed by atoms with van der Waals surface area (Å²) in [7, 11) is 0. The zero-order valence-electron chi connectivity index (χ0n) is 12.9. The Balaban J connectivity index is 1.65. The molecule has 2 aromatic carbocycles. The average Bonchev–Trinajstić information content (AvgIpc) is 2.61. The van der Waals surface area contributed by atoms with Gasteiger partial charge in [-0.3, -0.25) is 4.90 Å². The Morgan fingerprint density at radius 1 is 0.909 bits per heavy atom. The molecule has 0 saturated carbocycles. The molecule has 1 unspecified atom stereocenters. The van der Waals surface area contributed by atoms with Crippen molar-refractivity contribution in [1.82, 2.24) is 4.90 Å². The molecule has 0 N–H and O–H groups in total. The number of ether oxygens (including phenoxy) is 2. The molecule has 3 heteroatoms. The molecule has 1 fully saturated rings. The summed E-state index contributed by atoms with van der Waals surface area (Å²) in [5.74, 6) is 0. The van der Waals surface area contributed by atoms with Crippen molar-refractivity contribution in [3.05, 3.63) is 71.8 Å². The summed E-state index contributed by atoms with van der Waals surface area (Å²) in [6.45, 7) is 5.17. The lowest BCUT2D eigenvalue weighted by molar-refractivity contribution is -0.0192. The quantitative estimate of drug-likeness (QED) is 0.817. The van der Waals surface area contributed by atoms with Gasteiger partial charge in [0.05, 0.1) is 25.9 Å². The Hall–Kier alpha value is -1.68. The first-order valence-electron chi connectivity index (χ1n) is 7.92. The molecule has 2 aromatic rings. The highest BCUT2D eigenvalue weighted by molar-refractivity contribution is 5.19. The Labute approximate surface area is 132 Å². The molecule has 1 saturated heterocycles. The van der Waals surface area contributed by atoms with Gasteiger partial charge in [0.1, 0.15) is 0 Å². The summed E-state index contributed by atoms with van der Waals surface area (Å²) < 4.78 is 11.7. The molecule has 3 nitrogen and oxygen atoms in total. The van der Waals surface area contributed by atoms with Crippen molar-refractivity contribution < 1.29 is 9.47 Å². The molecule has 116 valence electrons. The van der Waals surface area contributed by atoms with Gasteiger partial charge in [-0.25, -0.2) is 0 Å². The van der Waals surface area contributed by atoms with E-state index in [2.05, 4.69) is 53.4 Å². The summed E-state index contributed by atoms with van der Waals surface area (Å²) in [6, 6.07) is 20.9. The normalized spacial score (nSPS) is 17.3. The minimum absolute atomic E-state index is 0.0968. The van der Waals surface area contributed by atoms with Gasteiger partial charge in [0.2, 0.25) is 0 Å². The topological polar surface area (TPSA) is 21.7 Å². The van der Waals surface area contributed by atoms with Crippen molar-refractivity contribution in [1.29, 1.82) is 0 Å². The van der Waals surface area contributed by atoms with Crippen molar-refractivity contribution >= 4 is 0 Å². The molecule has 3 rings (SSSR count). The summed E-state index contributed by atoms with van der Waals surface area (Å²) >= 11 is 0. The van der Waals surface area contributed by atoms with Gasteiger partial charge < -0.3 is 9.47 Å². The molecule has 0 spiro atoms. The molecular formula is C19H23NO2. The Bertz CT molecular complexity index is 538. The van der Waals surface area contributed by atoms with Crippen LogP contribution in [0.1, 0.15) is 17.2 Å². The maximum absolute atomic E-state index is 6.23. The third kappa shape index (κ3) is 4.41. The lowest BCUT2D eigenvalue weighted by atomic mass is 10.1. The fourth-order valence-electron chi connectivity index (χ4n) is 2.71. The predicted molar refractivity (Wildman–Crippen MR) is 87.7 cm³/mol. The van der Waals surface area contributed by atoms with Gasteiger partial charge in [0.25, 0.3) is 0 Å². The highest BCUT2D eigenvalue weighted by Gasteiger charge is 2.18. The molecule has 1 atom stereocenters. The minimum Gasteiger partial charge on any atom is -0.379 e. The van der Waals surface area contributed by atoms with Gasteiger partial charge in [-0.2, -0.15) is 0 Å². The van der Waals surface area contributed by atoms with Crippen LogP contribution in [-0.4, -0.2) is 37.7 Å². The van der Waals surface area contributed by atoms with Crippen molar-refractivity contribution in [2.75, 3.05) is 32.8 Å². The van der Waals surface area contributed by atoms with Crippen LogP contribution in [0.15, 0.2) is 60.7 Å². The second-order valence-corrected chi connectivity index (χ2v) is 5.61. The molecule has 1 heterocycles. The molecule has 0 radical (unpaired) electrons. The van der Waals surface area contributed by atoms with Crippen molar-refractivity contribution in [3.63, 3.8) is 0 Å². The average molecular weight is 297 g/mol. The predicted octanol–water partition coefficient (Wildman–Crippen LogP) is 3.28. The Kier molecular flexibility index (Phi) is 5.59. The van der Waals surface area contributed by atoms with Crippen LogP contribution in [-0.2, 0) is 16.1 Å². The van der Waals surface area contributed by atoms with E-state index in [1.54, 1.807) is 0 Å². The van der Waals surface area contributed by atoms with E-state index in [1.165, 1.54) is 11.1 Å². The fourth-order valence-corrected chi connectivity index (χ4v) is 2.71. The highest BCUT2D eigenvalue weighted by Crippen LogP contribution is 2.21. The van der Waals surface area contributed by atoms with Crippen LogP contribution in [0.4, 0.5) is 0 Å². The number of hydrogen-bond donors (Lipinski definition) is 0. The molecule has 0 amide bonds. The summed E-state index contributed by atoms with van der Waals surface area (Å²) in [5, 5.41) is 0. The SMILES string of the molecule is c1ccc(COC(CN2CCOCC2)c2ccccc2)cc1. The second-order valence-electron chi connectivity index (χ2n) is 5.61. The number of morpholine rings is 1. The number of rotatable bonds is 6. The molecule has 0 aromatic heterocycles. The van der Waals surface area contributed by atoms with E-state index < -0.39 is 0 Å². The molecule has 1 aliphatic heterocycles. The van der Waals surface area contributed by atoms with E-state index in [4.69, 9.17) is 9.47 Å². The fraction of sp³-hybridized carbons (Fsp3) is 0.368. The highest BCUT2D eigenvalue weighted by atomic mass is 16.5. The van der Waals surface area contributed by atoms with Crippen molar-refractivity contribution in [3.8, 4) is 0 Å². The van der Waals surface area contributed by atoms with Crippen LogP contribution in [0.5, 0.6) is 0 Å². The first-order valence-corrected chi connectivity index (χ1v) is 7.92. The van der Waals surface area contributed by atoms with E-state index in [0.29, 0.717) is 6.61 Å². The van der Waals surface area contributed by atoms with Gasteiger partial charge in [-0.1, -0.05) is 60.7 Å². The Morgan fingerprint density at radius 2 is 1.55 bits per heavy atom. The molecular weight excluding hydrogens is 274 g/mol. The lowest BCUT2D eigenvalue weighted by Crippen LogP contribution is -2.39. The van der Waals surface area contributed by atoms with Crippen LogP contribution < -0.4 is 0 Å². The first kappa shape index (κ1) is 15.2. The summed E-state index contributed by atoms with van der Waals surface area (Å²) in [6.07, 6.45) is 0.0968. The number of hydrogen-bond acceptors (Lipinski definition) is 3. The van der Waals surface area contributed by atoms with E-state index in [-0.39, 0.29) is 6.10 Å². The third-order valence-electron chi connectivity index (χ3n) is 3.99. The zero-order valence-corrected chi connectivity index (χ0v) is 12.9. The lowest BCUT2D eigenvalue weighted by Gasteiger charge is -2.30. The molecule has 0 bridgehead atoms. The van der Waals surface area contributed by atoms with Gasteiger partial charge in [-0.05, 0) is 11.1 Å². The number of nitrogens with zero attached hydrogens (tertiary/aromatic N) is 1. The van der Waals surface area contributed by atoms with Crippen LogP contribution >= 0.6 is 0 Å². The van der Waals surface area contributed by atoms with Gasteiger partial charge in [0, 0.05) is 19.6 Å². The van der Waals surface area contributed by atoms with E-state index in [9.17, 15) is 0 Å². The van der Waals surface area contributed by atoms with Gasteiger partial charge in [-0.15, -0.1) is 0 Å². The van der Waals surface area contributed by atoms with Crippen molar-refractivity contribution in [2.24, 2.45) is 0 Å². The standard InChI is InChI=1S/C19H23NO2/c1-3-7-17(8-4-1)16-22-19(18-9-5-2-6-10-18)15-20-11-13-21-14-12-20/h1-10,19H,11-16H2. The van der Waals surface area contributed by atoms with Crippen LogP contribution in [0.25, 0.3) is 0 Å². The van der Waals surface area contributed by atoms with Gasteiger partial charge >= 0.3 is 0 Å². The zero-order chi connectivity index (χ0) is 15.0. The minimum atomic E-state index is 0.0968. The third-order valence-corrected chi connectivity index (χ3v) is 3.99. The van der Waals surface area contributed by atoms with E-state index in [0.717, 1.165) is 32.8 Å². The first-order chi connectivity index (χ1) is 10.9. The Morgan fingerprint density at radius 3 is 2.23 bits per heavy atom.